The monoisotopic (exact) mass is 523 g/mol. The summed E-state index contributed by atoms with van der Waals surface area (Å²) in [7, 11) is 0. The van der Waals surface area contributed by atoms with Crippen LogP contribution in [-0.2, 0) is 10.8 Å². The zero-order chi connectivity index (χ0) is 28.3. The van der Waals surface area contributed by atoms with Gasteiger partial charge in [-0.25, -0.2) is 4.90 Å². The van der Waals surface area contributed by atoms with E-state index in [0.717, 1.165) is 43.4 Å². The van der Waals surface area contributed by atoms with Crippen molar-refractivity contribution < 1.29 is 9.59 Å². The van der Waals surface area contributed by atoms with Crippen LogP contribution in [0.4, 0.5) is 5.69 Å². The van der Waals surface area contributed by atoms with E-state index in [-0.39, 0.29) is 22.6 Å². The molecule has 0 fully saturated rings. The molecular weight excluding hydrogens is 490 g/mol. The molecule has 1 heterocycles. The summed E-state index contributed by atoms with van der Waals surface area (Å²) in [5, 5.41) is 8.72. The Hall–Kier alpha value is -4.24. The van der Waals surface area contributed by atoms with Gasteiger partial charge >= 0.3 is 0 Å². The van der Waals surface area contributed by atoms with Crippen LogP contribution in [0.15, 0.2) is 72.8 Å². The maximum Gasteiger partial charge on any atom is 0.265 e. The summed E-state index contributed by atoms with van der Waals surface area (Å²) in [5.41, 5.74) is 4.77. The molecule has 0 bridgehead atoms. The first-order valence-electron chi connectivity index (χ1n) is 14.0. The lowest BCUT2D eigenvalue weighted by Gasteiger charge is -2.34. The Bertz CT molecular complexity index is 2000. The fourth-order valence-electron chi connectivity index (χ4n) is 6.67. The molecule has 6 aromatic rings. The number of carbonyl (C=O) groups excluding carboxylic acids is 2. The Balaban J connectivity index is 1.55. The molecule has 0 radical (unpaired) electrons. The number of hydrogen-bond donors (Lipinski definition) is 0. The molecule has 0 N–H and O–H groups in total. The van der Waals surface area contributed by atoms with Crippen molar-refractivity contribution in [2.24, 2.45) is 0 Å². The summed E-state index contributed by atoms with van der Waals surface area (Å²) < 4.78 is 0. The van der Waals surface area contributed by atoms with E-state index >= 15 is 0 Å². The van der Waals surface area contributed by atoms with Crippen molar-refractivity contribution in [1.82, 2.24) is 0 Å². The van der Waals surface area contributed by atoms with E-state index in [1.807, 2.05) is 18.2 Å². The minimum absolute atomic E-state index is 0.126. The largest absolute Gasteiger partial charge is 0.268 e. The Morgan fingerprint density at radius 3 is 1.70 bits per heavy atom. The maximum atomic E-state index is 14.4. The van der Waals surface area contributed by atoms with Crippen LogP contribution in [0.1, 0.15) is 78.9 Å². The lowest BCUT2D eigenvalue weighted by molar-refractivity contribution is 0.0893. The molecule has 0 saturated carbocycles. The third kappa shape index (κ3) is 3.24. The van der Waals surface area contributed by atoms with Crippen LogP contribution in [0.2, 0.25) is 0 Å². The molecule has 7 rings (SSSR count). The molecule has 1 aliphatic heterocycles. The predicted octanol–water partition coefficient (Wildman–Crippen LogP) is 9.44. The Labute approximate surface area is 234 Å². The van der Waals surface area contributed by atoms with E-state index in [9.17, 15) is 9.59 Å². The second-order valence-corrected chi connectivity index (χ2v) is 13.4. The maximum absolute atomic E-state index is 14.4. The fraction of sp³-hybridized carbons (Fsp3) is 0.243. The summed E-state index contributed by atoms with van der Waals surface area (Å²) in [6, 6.07) is 25.0. The van der Waals surface area contributed by atoms with Gasteiger partial charge in [0, 0.05) is 16.5 Å². The first-order chi connectivity index (χ1) is 18.9. The zero-order valence-corrected chi connectivity index (χ0v) is 24.2. The average Bonchev–Trinajstić information content (AvgIpc) is 2.90. The van der Waals surface area contributed by atoms with Gasteiger partial charge in [0.2, 0.25) is 0 Å². The van der Waals surface area contributed by atoms with Crippen molar-refractivity contribution in [3.8, 4) is 0 Å². The van der Waals surface area contributed by atoms with Gasteiger partial charge in [-0.1, -0.05) is 96.1 Å². The molecule has 3 heteroatoms. The molecule has 40 heavy (non-hydrogen) atoms. The minimum atomic E-state index is -0.259. The van der Waals surface area contributed by atoms with E-state index < -0.39 is 0 Å². The number of nitrogens with zero attached hydrogens (tertiary/aromatic N) is 1. The van der Waals surface area contributed by atoms with Crippen molar-refractivity contribution >= 4 is 60.6 Å². The van der Waals surface area contributed by atoms with Gasteiger partial charge in [0.15, 0.2) is 0 Å². The summed E-state index contributed by atoms with van der Waals surface area (Å²) in [5.74, 6) is -0.517. The van der Waals surface area contributed by atoms with Crippen LogP contribution < -0.4 is 4.90 Å². The molecule has 0 aromatic heterocycles. The minimum Gasteiger partial charge on any atom is -0.268 e. The number of carbonyl (C=O) groups is 2. The summed E-state index contributed by atoms with van der Waals surface area (Å²) in [4.78, 5) is 30.2. The highest BCUT2D eigenvalue weighted by Gasteiger charge is 2.38. The first-order valence-corrected chi connectivity index (χ1v) is 14.0. The summed E-state index contributed by atoms with van der Waals surface area (Å²) in [6.45, 7) is 15.0. The molecule has 0 aliphatic carbocycles. The lowest BCUT2D eigenvalue weighted by Crippen LogP contribution is -2.42. The fourth-order valence-corrected chi connectivity index (χ4v) is 6.67. The number of fused-ring (bicyclic) bond motifs is 2. The molecule has 2 amide bonds. The standard InChI is InChI=1S/C37H33NO2/c1-20-11-13-24-26-15-17-28-33-27(16-14-25(32(26)33)23-10-8-9-22(20)31(23)24)34(39)38(35(28)40)30-19-21(36(2,3)4)12-18-29(30)37(5,6)7/h8-19H,1-7H3. The molecular formula is C37H33NO2. The van der Waals surface area contributed by atoms with Gasteiger partial charge in [-0.15, -0.1) is 0 Å². The topological polar surface area (TPSA) is 37.4 Å². The molecule has 6 aromatic carbocycles. The number of aryl methyl sites for hydroxylation is 1. The summed E-state index contributed by atoms with van der Waals surface area (Å²) >= 11 is 0. The van der Waals surface area contributed by atoms with E-state index in [1.165, 1.54) is 21.2 Å². The van der Waals surface area contributed by atoms with Crippen LogP contribution in [0.25, 0.3) is 43.1 Å². The normalized spacial score (nSPS) is 14.4. The number of anilines is 1. The zero-order valence-electron chi connectivity index (χ0n) is 24.2. The molecule has 0 saturated heterocycles. The molecule has 0 atom stereocenters. The van der Waals surface area contributed by atoms with Crippen molar-refractivity contribution in [2.45, 2.75) is 59.3 Å². The van der Waals surface area contributed by atoms with Gasteiger partial charge < -0.3 is 0 Å². The molecule has 1 aliphatic rings. The van der Waals surface area contributed by atoms with Crippen molar-refractivity contribution in [1.29, 1.82) is 0 Å². The van der Waals surface area contributed by atoms with Gasteiger partial charge in [-0.3, -0.25) is 9.59 Å². The third-order valence-electron chi connectivity index (χ3n) is 8.78. The number of benzene rings is 6. The van der Waals surface area contributed by atoms with E-state index in [2.05, 4.69) is 103 Å². The highest BCUT2D eigenvalue weighted by molar-refractivity contribution is 6.42. The smallest absolute Gasteiger partial charge is 0.265 e. The number of rotatable bonds is 1. The van der Waals surface area contributed by atoms with Gasteiger partial charge in [0.25, 0.3) is 11.8 Å². The van der Waals surface area contributed by atoms with Crippen LogP contribution in [-0.4, -0.2) is 11.8 Å². The van der Waals surface area contributed by atoms with Crippen LogP contribution in [0.3, 0.4) is 0 Å². The van der Waals surface area contributed by atoms with Crippen LogP contribution in [0, 0.1) is 6.92 Å². The lowest BCUT2D eigenvalue weighted by atomic mass is 9.80. The molecule has 198 valence electrons. The Morgan fingerprint density at radius 2 is 1.10 bits per heavy atom. The molecule has 3 nitrogen and oxygen atoms in total. The number of amides is 2. The Morgan fingerprint density at radius 1 is 0.550 bits per heavy atom. The van der Waals surface area contributed by atoms with Crippen LogP contribution in [0.5, 0.6) is 0 Å². The SMILES string of the molecule is Cc1ccc2c3ccc4c5c(ccc(c6cccc1c62)c53)C(=O)N(c1cc(C(C)(C)C)ccc1C(C)(C)C)C4=O. The highest BCUT2D eigenvalue weighted by atomic mass is 16.2. The first kappa shape index (κ1) is 24.8. The van der Waals surface area contributed by atoms with Gasteiger partial charge in [0.1, 0.15) is 0 Å². The number of hydrogen-bond acceptors (Lipinski definition) is 2. The number of imide groups is 1. The van der Waals surface area contributed by atoms with Crippen molar-refractivity contribution in [3.05, 3.63) is 101 Å². The van der Waals surface area contributed by atoms with Crippen LogP contribution >= 0.6 is 0 Å². The highest BCUT2D eigenvalue weighted by Crippen LogP contribution is 2.46. The third-order valence-corrected chi connectivity index (χ3v) is 8.78. The second-order valence-electron chi connectivity index (χ2n) is 13.4. The van der Waals surface area contributed by atoms with Gasteiger partial charge in [0.05, 0.1) is 5.69 Å². The van der Waals surface area contributed by atoms with Crippen molar-refractivity contribution in [3.63, 3.8) is 0 Å². The quantitative estimate of drug-likeness (QED) is 0.122. The van der Waals surface area contributed by atoms with Gasteiger partial charge in [-0.2, -0.15) is 0 Å². The Kier molecular flexibility index (Phi) is 4.90. The van der Waals surface area contributed by atoms with E-state index in [0.29, 0.717) is 16.8 Å². The van der Waals surface area contributed by atoms with E-state index in [4.69, 9.17) is 0 Å². The van der Waals surface area contributed by atoms with Crippen molar-refractivity contribution in [2.75, 3.05) is 4.90 Å². The average molecular weight is 524 g/mol. The molecule has 0 unspecified atom stereocenters. The van der Waals surface area contributed by atoms with Gasteiger partial charge in [-0.05, 0) is 90.3 Å². The second kappa shape index (κ2) is 7.91. The van der Waals surface area contributed by atoms with E-state index in [1.54, 1.807) is 0 Å². The predicted molar refractivity (Wildman–Crippen MR) is 167 cm³/mol. The summed E-state index contributed by atoms with van der Waals surface area (Å²) in [6.07, 6.45) is 0. The molecule has 0 spiro atoms.